The zero-order valence-electron chi connectivity index (χ0n) is 21.4. The van der Waals surface area contributed by atoms with Crippen molar-refractivity contribution in [3.8, 4) is 11.5 Å². The number of hydrogen-bond donors (Lipinski definition) is 3. The number of carbonyl (C=O) groups is 3. The lowest BCUT2D eigenvalue weighted by molar-refractivity contribution is -0.384. The van der Waals surface area contributed by atoms with Crippen LogP contribution < -0.4 is 5.32 Å². The van der Waals surface area contributed by atoms with Crippen LogP contribution in [0.4, 0.5) is 5.69 Å². The third kappa shape index (κ3) is 9.74. The molecule has 0 radical (unpaired) electrons. The Kier molecular flexibility index (Phi) is 11.0. The van der Waals surface area contributed by atoms with Gasteiger partial charge in [0.1, 0.15) is 0 Å². The number of nitrogens with one attached hydrogen (secondary N) is 1. The van der Waals surface area contributed by atoms with Crippen LogP contribution in [0.1, 0.15) is 16.2 Å². The number of nitrogens with zero attached hydrogens (tertiary/aromatic N) is 5. The van der Waals surface area contributed by atoms with Crippen LogP contribution in [0.15, 0.2) is 71.3 Å². The second-order valence-corrected chi connectivity index (χ2v) is 8.60. The Morgan fingerprint density at radius 3 is 2.12 bits per heavy atom. The number of amides is 1. The first-order valence-electron chi connectivity index (χ1n) is 12.2. The number of aromatic nitrogens is 2. The van der Waals surface area contributed by atoms with Crippen molar-refractivity contribution in [3.05, 3.63) is 88.3 Å². The summed E-state index contributed by atoms with van der Waals surface area (Å²) < 4.78 is 5.12. The van der Waals surface area contributed by atoms with E-state index in [9.17, 15) is 24.5 Å². The number of rotatable bonds is 10. The molecule has 2 aromatic carbocycles. The Labute approximate surface area is 228 Å². The molecule has 3 N–H and O–H groups in total. The van der Waals surface area contributed by atoms with Crippen LogP contribution in [0, 0.1) is 10.1 Å². The second-order valence-electron chi connectivity index (χ2n) is 8.60. The van der Waals surface area contributed by atoms with E-state index in [0.717, 1.165) is 39.3 Å². The van der Waals surface area contributed by atoms with Crippen molar-refractivity contribution in [1.29, 1.82) is 0 Å². The third-order valence-corrected chi connectivity index (χ3v) is 5.75. The molecule has 0 unspecified atom stereocenters. The summed E-state index contributed by atoms with van der Waals surface area (Å²) in [5, 5.41) is 32.9. The predicted molar refractivity (Wildman–Crippen MR) is 141 cm³/mol. The van der Waals surface area contributed by atoms with Gasteiger partial charge >= 0.3 is 11.9 Å². The summed E-state index contributed by atoms with van der Waals surface area (Å²) in [7, 11) is 0. The fraction of sp³-hybridized carbons (Fsp3) is 0.269. The van der Waals surface area contributed by atoms with Gasteiger partial charge in [0, 0.05) is 75.7 Å². The highest BCUT2D eigenvalue weighted by Gasteiger charge is 2.19. The molecular formula is C26H28N6O8. The van der Waals surface area contributed by atoms with Crippen molar-refractivity contribution in [3.63, 3.8) is 0 Å². The van der Waals surface area contributed by atoms with Crippen LogP contribution in [0.3, 0.4) is 0 Å². The smallest absolute Gasteiger partial charge is 0.328 e. The molecule has 14 nitrogen and oxygen atoms in total. The monoisotopic (exact) mass is 552 g/mol. The molecule has 0 saturated carbocycles. The number of piperazine rings is 1. The normalized spacial score (nSPS) is 13.8. The van der Waals surface area contributed by atoms with Crippen LogP contribution in [-0.4, -0.2) is 92.2 Å². The molecule has 210 valence electrons. The van der Waals surface area contributed by atoms with E-state index in [1.54, 1.807) is 0 Å². The number of carboxylic acid groups (broad SMARTS) is 2. The number of nitro groups is 1. The Bertz CT molecular complexity index is 1300. The lowest BCUT2D eigenvalue weighted by Crippen LogP contribution is -2.48. The molecule has 4 rings (SSSR count). The highest BCUT2D eigenvalue weighted by molar-refractivity contribution is 5.90. The Morgan fingerprint density at radius 2 is 1.55 bits per heavy atom. The van der Waals surface area contributed by atoms with E-state index in [4.69, 9.17) is 14.7 Å². The van der Waals surface area contributed by atoms with E-state index in [1.807, 2.05) is 6.07 Å². The van der Waals surface area contributed by atoms with Crippen molar-refractivity contribution in [2.45, 2.75) is 6.54 Å². The minimum atomic E-state index is -1.26. The van der Waals surface area contributed by atoms with Gasteiger partial charge in [0.25, 0.3) is 23.3 Å². The van der Waals surface area contributed by atoms with Crippen LogP contribution in [-0.2, 0) is 16.1 Å². The zero-order valence-corrected chi connectivity index (χ0v) is 21.4. The first kappa shape index (κ1) is 29.6. The molecule has 0 spiro atoms. The molecule has 2 heterocycles. The molecule has 1 fully saturated rings. The van der Waals surface area contributed by atoms with Gasteiger partial charge in [-0.05, 0) is 17.7 Å². The average molecular weight is 553 g/mol. The van der Waals surface area contributed by atoms with Crippen molar-refractivity contribution < 1.29 is 34.0 Å². The quantitative estimate of drug-likeness (QED) is 0.188. The van der Waals surface area contributed by atoms with Crippen molar-refractivity contribution in [2.75, 3.05) is 39.3 Å². The van der Waals surface area contributed by atoms with E-state index >= 15 is 0 Å². The topological polar surface area (TPSA) is 192 Å². The lowest BCUT2D eigenvalue weighted by atomic mass is 10.2. The van der Waals surface area contributed by atoms with Gasteiger partial charge in [-0.1, -0.05) is 35.5 Å². The Balaban J connectivity index is 0.000000482. The van der Waals surface area contributed by atoms with Gasteiger partial charge in [-0.2, -0.15) is 4.98 Å². The number of nitro benzene ring substituents is 1. The van der Waals surface area contributed by atoms with Crippen molar-refractivity contribution >= 4 is 23.5 Å². The van der Waals surface area contributed by atoms with Gasteiger partial charge in [0.2, 0.25) is 0 Å². The van der Waals surface area contributed by atoms with Gasteiger partial charge in [0.15, 0.2) is 0 Å². The maximum atomic E-state index is 12.3. The van der Waals surface area contributed by atoms with Crippen molar-refractivity contribution in [2.24, 2.45) is 0 Å². The van der Waals surface area contributed by atoms with Crippen LogP contribution in [0.5, 0.6) is 0 Å². The maximum Gasteiger partial charge on any atom is 0.328 e. The number of benzene rings is 2. The summed E-state index contributed by atoms with van der Waals surface area (Å²) in [5.74, 6) is -2.85. The first-order chi connectivity index (χ1) is 19.2. The summed E-state index contributed by atoms with van der Waals surface area (Å²) in [5.41, 5.74) is 1.80. The van der Waals surface area contributed by atoms with Gasteiger partial charge in [-0.3, -0.25) is 24.7 Å². The van der Waals surface area contributed by atoms with Crippen molar-refractivity contribution in [1.82, 2.24) is 25.3 Å². The Morgan fingerprint density at radius 1 is 0.950 bits per heavy atom. The molecule has 3 aromatic rings. The fourth-order valence-corrected chi connectivity index (χ4v) is 3.72. The lowest BCUT2D eigenvalue weighted by Gasteiger charge is -2.34. The van der Waals surface area contributed by atoms with E-state index in [2.05, 4.69) is 49.5 Å². The van der Waals surface area contributed by atoms with Crippen LogP contribution in [0.25, 0.3) is 11.5 Å². The molecule has 1 aliphatic heterocycles. The molecule has 14 heteroatoms. The van der Waals surface area contributed by atoms with Crippen LogP contribution in [0.2, 0.25) is 0 Å². The number of hydrogen-bond acceptors (Lipinski definition) is 10. The predicted octanol–water partition coefficient (Wildman–Crippen LogP) is 1.90. The summed E-state index contributed by atoms with van der Waals surface area (Å²) in [6.45, 7) is 6.08. The Hall–Kier alpha value is -4.95. The number of carboxylic acids is 2. The summed E-state index contributed by atoms with van der Waals surface area (Å²) in [6.07, 6.45) is 1.12. The SMILES string of the molecule is O=C(NCCN1CCN(Cc2ccccc2)CC1)c1noc(-c2ccc([N+](=O)[O-])cc2)n1.O=C(O)C=CC(=O)O. The highest BCUT2D eigenvalue weighted by atomic mass is 16.6. The number of carbonyl (C=O) groups excluding carboxylic acids is 1. The average Bonchev–Trinajstić information content (AvgIpc) is 3.44. The summed E-state index contributed by atoms with van der Waals surface area (Å²) in [6, 6.07) is 16.1. The molecule has 0 bridgehead atoms. The third-order valence-electron chi connectivity index (χ3n) is 5.75. The molecule has 1 aliphatic rings. The van der Waals surface area contributed by atoms with Crippen LogP contribution >= 0.6 is 0 Å². The van der Waals surface area contributed by atoms with E-state index in [1.165, 1.54) is 29.8 Å². The summed E-state index contributed by atoms with van der Waals surface area (Å²) in [4.78, 5) is 50.5. The highest BCUT2D eigenvalue weighted by Crippen LogP contribution is 2.20. The fourth-order valence-electron chi connectivity index (χ4n) is 3.72. The molecule has 1 amide bonds. The van der Waals surface area contributed by atoms with E-state index < -0.39 is 22.8 Å². The standard InChI is InChI=1S/C22H24N6O4.C4H4O4/c29-21(20-24-22(32-25-20)18-6-8-19(9-7-18)28(30)31)23-10-11-26-12-14-27(15-13-26)16-17-4-2-1-3-5-17;5-3(6)1-2-4(7)8/h1-9H,10-16H2,(H,23,29);1-2H,(H,5,6)(H,7,8). The van der Waals surface area contributed by atoms with E-state index in [-0.39, 0.29) is 17.4 Å². The minimum absolute atomic E-state index is 0.0351. The molecule has 40 heavy (non-hydrogen) atoms. The molecule has 1 saturated heterocycles. The van der Waals surface area contributed by atoms with E-state index in [0.29, 0.717) is 24.3 Å². The zero-order chi connectivity index (χ0) is 28.9. The maximum absolute atomic E-state index is 12.3. The molecule has 1 aromatic heterocycles. The minimum Gasteiger partial charge on any atom is -0.478 e. The first-order valence-corrected chi connectivity index (χ1v) is 12.2. The summed E-state index contributed by atoms with van der Waals surface area (Å²) >= 11 is 0. The second kappa shape index (κ2) is 14.8. The van der Waals surface area contributed by atoms with Gasteiger partial charge in [-0.15, -0.1) is 0 Å². The molecule has 0 atom stereocenters. The largest absolute Gasteiger partial charge is 0.478 e. The molecular weight excluding hydrogens is 524 g/mol. The van der Waals surface area contributed by atoms with Gasteiger partial charge in [0.05, 0.1) is 4.92 Å². The number of non-ortho nitro benzene ring substituents is 1. The molecule has 0 aliphatic carbocycles. The van der Waals surface area contributed by atoms with Gasteiger partial charge in [-0.25, -0.2) is 9.59 Å². The number of aliphatic carboxylic acids is 2. The van der Waals surface area contributed by atoms with Gasteiger partial charge < -0.3 is 20.1 Å².